The fraction of sp³-hybridized carbons (Fsp3) is 0.200. The maximum Gasteiger partial charge on any atom is 0.417 e. The highest BCUT2D eigenvalue weighted by Gasteiger charge is 2.29. The average Bonchev–Trinajstić information content (AvgIpc) is 3.43. The van der Waals surface area contributed by atoms with Gasteiger partial charge in [-0.05, 0) is 55.0 Å². The van der Waals surface area contributed by atoms with Gasteiger partial charge < -0.3 is 15.5 Å². The molecule has 4 aromatic rings. The molecule has 1 saturated carbocycles. The molecule has 8 nitrogen and oxygen atoms in total. The molecule has 0 spiro atoms. The number of aryl methyl sites for hydroxylation is 1. The summed E-state index contributed by atoms with van der Waals surface area (Å²) in [4.78, 5) is 34.9. The van der Waals surface area contributed by atoms with Gasteiger partial charge in [0.1, 0.15) is 11.6 Å². The van der Waals surface area contributed by atoms with Gasteiger partial charge in [-0.25, -0.2) is 14.8 Å². The Labute approximate surface area is 158 Å². The highest BCUT2D eigenvalue weighted by atomic mass is 16.4. The first-order valence-corrected chi connectivity index (χ1v) is 8.99. The summed E-state index contributed by atoms with van der Waals surface area (Å²) in [6, 6.07) is 7.29. The Morgan fingerprint density at radius 2 is 2.11 bits per heavy atom. The maximum absolute atomic E-state index is 12.0. The summed E-state index contributed by atoms with van der Waals surface area (Å²) in [6.07, 6.45) is 3.47. The summed E-state index contributed by atoms with van der Waals surface area (Å²) >= 11 is 0. The van der Waals surface area contributed by atoms with Crippen molar-refractivity contribution in [1.29, 1.82) is 0 Å². The smallest absolute Gasteiger partial charge is 0.408 e. The lowest BCUT2D eigenvalue weighted by molar-refractivity contribution is -0.117. The lowest BCUT2D eigenvalue weighted by atomic mass is 10.0. The summed E-state index contributed by atoms with van der Waals surface area (Å²) in [5.41, 5.74) is 9.63. The van der Waals surface area contributed by atoms with Gasteiger partial charge >= 0.3 is 5.76 Å². The first-order chi connectivity index (χ1) is 13.5. The van der Waals surface area contributed by atoms with E-state index in [-0.39, 0.29) is 11.8 Å². The third-order valence-corrected chi connectivity index (χ3v) is 4.99. The van der Waals surface area contributed by atoms with Gasteiger partial charge in [0.25, 0.3) is 0 Å². The summed E-state index contributed by atoms with van der Waals surface area (Å²) in [7, 11) is 0. The van der Waals surface area contributed by atoms with E-state index in [1.807, 2.05) is 19.1 Å². The zero-order valence-corrected chi connectivity index (χ0v) is 15.1. The number of fused-ring (bicyclic) bond motifs is 2. The number of H-pyrrole nitrogens is 1. The number of nitrogens with two attached hydrogens (primary N) is 1. The minimum atomic E-state index is -0.500. The molecule has 1 amide bonds. The van der Waals surface area contributed by atoms with Crippen molar-refractivity contribution in [3.8, 4) is 11.3 Å². The third-order valence-electron chi connectivity index (χ3n) is 4.99. The van der Waals surface area contributed by atoms with E-state index >= 15 is 0 Å². The second kappa shape index (κ2) is 5.91. The fourth-order valence-corrected chi connectivity index (χ4v) is 3.34. The second-order valence-corrected chi connectivity index (χ2v) is 7.12. The molecule has 1 aromatic carbocycles. The molecule has 0 aliphatic heterocycles. The number of nitrogens with zero attached hydrogens (tertiary/aromatic N) is 2. The van der Waals surface area contributed by atoms with Crippen LogP contribution in [-0.4, -0.2) is 20.9 Å². The SMILES string of the molecule is Cc1cc2[nH]c(=O)oc2cc1-c1cc2cc(NC(=O)C3CC3)ncc2c(N)n1. The van der Waals surface area contributed by atoms with Crippen LogP contribution in [0.2, 0.25) is 0 Å². The molecular formula is C20H17N5O3. The number of oxazole rings is 1. The number of nitrogen functional groups attached to an aromatic ring is 1. The number of nitrogens with one attached hydrogen (secondary N) is 2. The lowest BCUT2D eigenvalue weighted by Gasteiger charge is -2.10. The largest absolute Gasteiger partial charge is 0.417 e. The summed E-state index contributed by atoms with van der Waals surface area (Å²) in [6.45, 7) is 1.93. The Morgan fingerprint density at radius 3 is 2.89 bits per heavy atom. The number of hydrogen-bond donors (Lipinski definition) is 3. The second-order valence-electron chi connectivity index (χ2n) is 7.12. The molecule has 0 radical (unpaired) electrons. The van der Waals surface area contributed by atoms with E-state index in [4.69, 9.17) is 10.2 Å². The molecule has 28 heavy (non-hydrogen) atoms. The summed E-state index contributed by atoms with van der Waals surface area (Å²) in [5.74, 6) is 0.429. The number of pyridine rings is 2. The van der Waals surface area contributed by atoms with Gasteiger partial charge in [0, 0.05) is 23.1 Å². The van der Waals surface area contributed by atoms with Crippen LogP contribution < -0.4 is 16.8 Å². The van der Waals surface area contributed by atoms with Crippen LogP contribution in [0.3, 0.4) is 0 Å². The zero-order valence-electron chi connectivity index (χ0n) is 15.1. The van der Waals surface area contributed by atoms with Crippen LogP contribution in [0.1, 0.15) is 18.4 Å². The Bertz CT molecular complexity index is 1320. The molecule has 0 bridgehead atoms. The van der Waals surface area contributed by atoms with Crippen LogP contribution in [0, 0.1) is 12.8 Å². The van der Waals surface area contributed by atoms with E-state index in [1.54, 1.807) is 18.3 Å². The Kier molecular flexibility index (Phi) is 3.48. The van der Waals surface area contributed by atoms with Crippen LogP contribution in [0.4, 0.5) is 11.6 Å². The number of aromatic nitrogens is 3. The van der Waals surface area contributed by atoms with Crippen molar-refractivity contribution in [2.75, 3.05) is 11.1 Å². The highest BCUT2D eigenvalue weighted by molar-refractivity contribution is 5.98. The molecular weight excluding hydrogens is 358 g/mol. The number of amides is 1. The van der Waals surface area contributed by atoms with Crippen LogP contribution in [0.25, 0.3) is 33.1 Å². The normalized spacial score (nSPS) is 13.9. The first kappa shape index (κ1) is 16.5. The summed E-state index contributed by atoms with van der Waals surface area (Å²) < 4.78 is 5.17. The fourth-order valence-electron chi connectivity index (χ4n) is 3.34. The molecule has 4 N–H and O–H groups in total. The van der Waals surface area contributed by atoms with E-state index < -0.39 is 5.76 Å². The van der Waals surface area contributed by atoms with Gasteiger partial charge in [-0.1, -0.05) is 0 Å². The van der Waals surface area contributed by atoms with Crippen molar-refractivity contribution >= 4 is 39.4 Å². The van der Waals surface area contributed by atoms with E-state index in [9.17, 15) is 9.59 Å². The predicted molar refractivity (Wildman–Crippen MR) is 106 cm³/mol. The number of benzene rings is 1. The number of carbonyl (C=O) groups is 1. The van der Waals surface area contributed by atoms with Gasteiger partial charge in [-0.15, -0.1) is 0 Å². The topological polar surface area (TPSA) is 127 Å². The van der Waals surface area contributed by atoms with E-state index in [0.717, 1.165) is 29.4 Å². The van der Waals surface area contributed by atoms with Crippen molar-refractivity contribution in [3.63, 3.8) is 0 Å². The highest BCUT2D eigenvalue weighted by Crippen LogP contribution is 2.32. The molecule has 3 heterocycles. The number of anilines is 2. The minimum absolute atomic E-state index is 0.00196. The molecule has 1 fully saturated rings. The Morgan fingerprint density at radius 1 is 1.29 bits per heavy atom. The number of rotatable bonds is 3. The van der Waals surface area contributed by atoms with Gasteiger partial charge in [-0.3, -0.25) is 9.78 Å². The number of hydrogen-bond acceptors (Lipinski definition) is 6. The molecule has 5 rings (SSSR count). The molecule has 1 aliphatic carbocycles. The van der Waals surface area contributed by atoms with Crippen molar-refractivity contribution in [2.45, 2.75) is 19.8 Å². The van der Waals surface area contributed by atoms with Crippen LogP contribution >= 0.6 is 0 Å². The van der Waals surface area contributed by atoms with Crippen molar-refractivity contribution in [1.82, 2.24) is 15.0 Å². The molecule has 8 heteroatoms. The van der Waals surface area contributed by atoms with Crippen LogP contribution in [0.5, 0.6) is 0 Å². The van der Waals surface area contributed by atoms with Gasteiger partial charge in [0.15, 0.2) is 5.58 Å². The predicted octanol–water partition coefficient (Wildman–Crippen LogP) is 2.97. The molecule has 140 valence electrons. The lowest BCUT2D eigenvalue weighted by Crippen LogP contribution is -2.14. The molecule has 1 aliphatic rings. The first-order valence-electron chi connectivity index (χ1n) is 8.99. The van der Waals surface area contributed by atoms with Crippen molar-refractivity contribution in [2.24, 2.45) is 5.92 Å². The molecule has 3 aromatic heterocycles. The van der Waals surface area contributed by atoms with E-state index in [2.05, 4.69) is 20.3 Å². The van der Waals surface area contributed by atoms with Gasteiger partial charge in [0.05, 0.1) is 11.2 Å². The number of carbonyl (C=O) groups excluding carboxylic acids is 1. The Hall–Kier alpha value is -3.68. The molecule has 0 saturated heterocycles. The number of aromatic amines is 1. The maximum atomic E-state index is 12.0. The molecule has 0 atom stereocenters. The standard InChI is InChI=1S/C20H17N5O3/c1-9-4-15-16(28-20(27)24-15)7-12(9)14-5-11-6-17(25-19(26)10-2-3-10)22-8-13(11)18(21)23-14/h4-8,10H,2-3H2,1H3,(H2,21,23)(H,24,27)(H,22,25,26). The molecule has 0 unspecified atom stereocenters. The van der Waals surface area contributed by atoms with Crippen molar-refractivity contribution in [3.05, 3.63) is 46.6 Å². The average molecular weight is 375 g/mol. The van der Waals surface area contributed by atoms with Crippen LogP contribution in [0.15, 0.2) is 39.7 Å². The van der Waals surface area contributed by atoms with Gasteiger partial charge in [-0.2, -0.15) is 0 Å². The zero-order chi connectivity index (χ0) is 19.4. The monoisotopic (exact) mass is 375 g/mol. The summed E-state index contributed by atoms with van der Waals surface area (Å²) in [5, 5.41) is 4.37. The van der Waals surface area contributed by atoms with E-state index in [0.29, 0.717) is 33.8 Å². The quantitative estimate of drug-likeness (QED) is 0.505. The van der Waals surface area contributed by atoms with Crippen LogP contribution in [-0.2, 0) is 4.79 Å². The van der Waals surface area contributed by atoms with Crippen molar-refractivity contribution < 1.29 is 9.21 Å². The van der Waals surface area contributed by atoms with Gasteiger partial charge in [0.2, 0.25) is 5.91 Å². The minimum Gasteiger partial charge on any atom is -0.408 e. The third kappa shape index (κ3) is 2.79. The van der Waals surface area contributed by atoms with E-state index in [1.165, 1.54) is 0 Å². The Balaban J connectivity index is 1.62.